The lowest BCUT2D eigenvalue weighted by atomic mass is 9.98. The summed E-state index contributed by atoms with van der Waals surface area (Å²) in [5.41, 5.74) is -0.308. The monoisotopic (exact) mass is 453 g/mol. The predicted octanol–water partition coefficient (Wildman–Crippen LogP) is 1.44. The molecule has 0 bridgehead atoms. The van der Waals surface area contributed by atoms with Crippen molar-refractivity contribution in [2.75, 3.05) is 5.32 Å². The summed E-state index contributed by atoms with van der Waals surface area (Å²) in [5, 5.41) is 27.3. The molecule has 2 unspecified atom stereocenters. The van der Waals surface area contributed by atoms with E-state index < -0.39 is 29.5 Å². The summed E-state index contributed by atoms with van der Waals surface area (Å²) in [7, 11) is 0. The van der Waals surface area contributed by atoms with Crippen molar-refractivity contribution in [1.82, 2.24) is 21.0 Å². The van der Waals surface area contributed by atoms with E-state index in [1.165, 1.54) is 6.07 Å². The number of aliphatic imine (C=N–C) groups is 1. The number of halogens is 1. The third-order valence-electron chi connectivity index (χ3n) is 5.69. The van der Waals surface area contributed by atoms with Gasteiger partial charge >= 0.3 is 6.03 Å². The van der Waals surface area contributed by atoms with Crippen molar-refractivity contribution < 1.29 is 19.1 Å². The number of rotatable bonds is 5. The van der Waals surface area contributed by atoms with E-state index in [4.69, 9.17) is 4.99 Å². The molecule has 0 aromatic heterocycles. The molecule has 1 aromatic carbocycles. The van der Waals surface area contributed by atoms with E-state index in [-0.39, 0.29) is 23.3 Å². The molecule has 4 aliphatic rings. The molecule has 5 rings (SSSR count). The molecule has 3 amide bonds. The molecule has 3 heterocycles. The molecule has 0 radical (unpaired) electrons. The predicted molar refractivity (Wildman–Crippen MR) is 119 cm³/mol. The van der Waals surface area contributed by atoms with Gasteiger partial charge in [-0.3, -0.25) is 15.1 Å². The molecule has 1 saturated carbocycles. The normalized spacial score (nSPS) is 26.8. The maximum atomic E-state index is 14.8. The quantitative estimate of drug-likeness (QED) is 0.339. The zero-order valence-electron chi connectivity index (χ0n) is 18.1. The second kappa shape index (κ2) is 7.69. The summed E-state index contributed by atoms with van der Waals surface area (Å²) < 4.78 is 14.8. The standard InChI is InChI=1S/C22H24FN7O3/c1-22(2,33)12-3-6-15(14(23)8-12)26-17-9-18(25-13-4-5-13)30-19(28-17)11(10-24-30)7-16-20(31)29-21(32)27-16/h3,6-11,13,19,26,28,33H,4-5H2,1-2H3,(H2,27,29,31,32)/b16-7-,25-18?. The average molecular weight is 453 g/mol. The lowest BCUT2D eigenvalue weighted by molar-refractivity contribution is -0.115. The SMILES string of the molecule is CC(C)(O)c1ccc(NC2=CC(=NC3CC3)N3N=CC(/C=C4\NC(=O)NC4=O)C3N2)c(F)c1. The van der Waals surface area contributed by atoms with Gasteiger partial charge in [0.25, 0.3) is 5.91 Å². The molecule has 33 heavy (non-hydrogen) atoms. The van der Waals surface area contributed by atoms with Crippen LogP contribution in [0.1, 0.15) is 32.3 Å². The van der Waals surface area contributed by atoms with Crippen LogP contribution in [0.5, 0.6) is 0 Å². The van der Waals surface area contributed by atoms with E-state index in [0.29, 0.717) is 17.2 Å². The number of benzene rings is 1. The Hall–Kier alpha value is -3.73. The van der Waals surface area contributed by atoms with Crippen molar-refractivity contribution in [3.05, 3.63) is 53.2 Å². The number of hydrazone groups is 1. The van der Waals surface area contributed by atoms with Crippen LogP contribution < -0.4 is 21.3 Å². The molecule has 0 spiro atoms. The highest BCUT2D eigenvalue weighted by atomic mass is 19.1. The number of nitrogens with one attached hydrogen (secondary N) is 4. The van der Waals surface area contributed by atoms with Crippen LogP contribution in [0.2, 0.25) is 0 Å². The maximum Gasteiger partial charge on any atom is 0.326 e. The van der Waals surface area contributed by atoms with Gasteiger partial charge in [-0.15, -0.1) is 0 Å². The van der Waals surface area contributed by atoms with Gasteiger partial charge in [0, 0.05) is 12.3 Å². The number of amidine groups is 1. The molecule has 2 atom stereocenters. The smallest absolute Gasteiger partial charge is 0.326 e. The molecule has 1 aromatic rings. The number of anilines is 1. The number of urea groups is 1. The fraction of sp³-hybridized carbons (Fsp3) is 0.364. The summed E-state index contributed by atoms with van der Waals surface area (Å²) >= 11 is 0. The van der Waals surface area contributed by atoms with Crippen LogP contribution in [0.3, 0.4) is 0 Å². The Morgan fingerprint density at radius 2 is 2.09 bits per heavy atom. The Kier molecular flexibility index (Phi) is 4.93. The number of nitrogens with zero attached hydrogens (tertiary/aromatic N) is 3. The fourth-order valence-corrected chi connectivity index (χ4v) is 3.75. The number of fused-ring (bicyclic) bond motifs is 1. The minimum atomic E-state index is -1.16. The average Bonchev–Trinajstić information content (AvgIpc) is 3.37. The van der Waals surface area contributed by atoms with Gasteiger partial charge in [0.05, 0.1) is 23.2 Å². The third kappa shape index (κ3) is 4.31. The molecule has 1 aliphatic carbocycles. The van der Waals surface area contributed by atoms with Crippen molar-refractivity contribution in [2.24, 2.45) is 16.0 Å². The van der Waals surface area contributed by atoms with E-state index in [1.54, 1.807) is 49.4 Å². The van der Waals surface area contributed by atoms with Crippen LogP contribution in [0.15, 0.2) is 52.0 Å². The van der Waals surface area contributed by atoms with Gasteiger partial charge in [-0.1, -0.05) is 6.07 Å². The van der Waals surface area contributed by atoms with Crippen molar-refractivity contribution in [2.45, 2.75) is 44.5 Å². The largest absolute Gasteiger partial charge is 0.386 e. The molecule has 172 valence electrons. The van der Waals surface area contributed by atoms with Crippen molar-refractivity contribution in [1.29, 1.82) is 0 Å². The Labute approximate surface area is 189 Å². The van der Waals surface area contributed by atoms with E-state index in [2.05, 4.69) is 26.4 Å². The first-order chi connectivity index (χ1) is 15.7. The summed E-state index contributed by atoms with van der Waals surface area (Å²) in [4.78, 5) is 28.1. The summed E-state index contributed by atoms with van der Waals surface area (Å²) in [6, 6.07) is 4.18. The molecule has 2 fully saturated rings. The van der Waals surface area contributed by atoms with Gasteiger partial charge in [-0.25, -0.2) is 14.2 Å². The van der Waals surface area contributed by atoms with Gasteiger partial charge in [-0.2, -0.15) is 5.10 Å². The van der Waals surface area contributed by atoms with Crippen LogP contribution in [-0.4, -0.2) is 46.3 Å². The Balaban J connectivity index is 1.41. The minimum absolute atomic E-state index is 0.151. The van der Waals surface area contributed by atoms with E-state index in [1.807, 2.05) is 0 Å². The van der Waals surface area contributed by atoms with Gasteiger partial charge in [0.2, 0.25) is 0 Å². The van der Waals surface area contributed by atoms with E-state index in [9.17, 15) is 19.1 Å². The molecule has 10 nitrogen and oxygen atoms in total. The number of hydrogen-bond acceptors (Lipinski definition) is 7. The number of carbonyl (C=O) groups excluding carboxylic acids is 2. The number of imide groups is 1. The van der Waals surface area contributed by atoms with Gasteiger partial charge < -0.3 is 21.1 Å². The van der Waals surface area contributed by atoms with E-state index in [0.717, 1.165) is 12.8 Å². The fourth-order valence-electron chi connectivity index (χ4n) is 3.75. The van der Waals surface area contributed by atoms with Crippen LogP contribution >= 0.6 is 0 Å². The number of amides is 3. The lowest BCUT2D eigenvalue weighted by Crippen LogP contribution is -2.51. The first kappa shape index (κ1) is 21.1. The van der Waals surface area contributed by atoms with Gasteiger partial charge in [0.15, 0.2) is 0 Å². The second-order valence-electron chi connectivity index (χ2n) is 8.92. The Bertz CT molecular complexity index is 1150. The second-order valence-corrected chi connectivity index (χ2v) is 8.92. The lowest BCUT2D eigenvalue weighted by Gasteiger charge is -2.34. The highest BCUT2D eigenvalue weighted by Gasteiger charge is 2.38. The molecule has 1 saturated heterocycles. The summed E-state index contributed by atoms with van der Waals surface area (Å²) in [5.74, 6) is -0.236. The molecule has 11 heteroatoms. The van der Waals surface area contributed by atoms with Crippen LogP contribution in [0, 0.1) is 11.7 Å². The number of aliphatic hydroxyl groups is 1. The summed E-state index contributed by atoms with van der Waals surface area (Å²) in [6.45, 7) is 3.19. The molecular weight excluding hydrogens is 429 g/mol. The minimum Gasteiger partial charge on any atom is -0.386 e. The molecular formula is C22H24FN7O3. The molecule has 3 aliphatic heterocycles. The van der Waals surface area contributed by atoms with Crippen LogP contribution in [-0.2, 0) is 10.4 Å². The zero-order valence-corrected chi connectivity index (χ0v) is 18.1. The highest BCUT2D eigenvalue weighted by Crippen LogP contribution is 2.30. The van der Waals surface area contributed by atoms with Crippen LogP contribution in [0.4, 0.5) is 14.9 Å². The van der Waals surface area contributed by atoms with Crippen LogP contribution in [0.25, 0.3) is 0 Å². The van der Waals surface area contributed by atoms with Crippen molar-refractivity contribution in [3.8, 4) is 0 Å². The van der Waals surface area contributed by atoms with Crippen molar-refractivity contribution >= 4 is 29.7 Å². The number of hydrogen-bond donors (Lipinski definition) is 5. The number of carbonyl (C=O) groups is 2. The topological polar surface area (TPSA) is 130 Å². The third-order valence-corrected chi connectivity index (χ3v) is 5.69. The van der Waals surface area contributed by atoms with Gasteiger partial charge in [0.1, 0.15) is 29.3 Å². The summed E-state index contributed by atoms with van der Waals surface area (Å²) in [6.07, 6.45) is 6.63. The zero-order chi connectivity index (χ0) is 23.3. The first-order valence-electron chi connectivity index (χ1n) is 10.7. The Morgan fingerprint density at radius 1 is 1.30 bits per heavy atom. The molecule has 5 N–H and O–H groups in total. The first-order valence-corrected chi connectivity index (χ1v) is 10.7. The highest BCUT2D eigenvalue weighted by molar-refractivity contribution is 6.11. The maximum absolute atomic E-state index is 14.8. The van der Waals surface area contributed by atoms with Crippen molar-refractivity contribution in [3.63, 3.8) is 0 Å². The van der Waals surface area contributed by atoms with Gasteiger partial charge in [-0.05, 0) is 50.5 Å². The Morgan fingerprint density at radius 3 is 2.73 bits per heavy atom. The van der Waals surface area contributed by atoms with E-state index >= 15 is 0 Å².